The maximum Gasteiger partial charge on any atom is 0.335 e. The summed E-state index contributed by atoms with van der Waals surface area (Å²) in [6.45, 7) is 0. The van der Waals surface area contributed by atoms with Gasteiger partial charge in [0.1, 0.15) is 0 Å². The molecule has 0 spiro atoms. The first kappa shape index (κ1) is 30.4. The van der Waals surface area contributed by atoms with Crippen molar-refractivity contribution in [3.63, 3.8) is 0 Å². The Balaban J connectivity index is 1.53. The summed E-state index contributed by atoms with van der Waals surface area (Å²) < 4.78 is 10.7. The number of ether oxygens (including phenoxy) is 2. The van der Waals surface area contributed by atoms with Crippen LogP contribution in [0.1, 0.15) is 34.7 Å². The van der Waals surface area contributed by atoms with E-state index in [1.807, 2.05) is 0 Å². The van der Waals surface area contributed by atoms with Crippen LogP contribution in [0.5, 0.6) is 17.2 Å². The molecule has 6 atom stereocenters. The van der Waals surface area contributed by atoms with Gasteiger partial charge in [-0.25, -0.2) is 4.79 Å². The fourth-order valence-corrected chi connectivity index (χ4v) is 8.67. The number of imide groups is 2. The molecule has 2 aliphatic heterocycles. The Morgan fingerprint density at radius 3 is 2.27 bits per heavy atom. The molecule has 0 bridgehead atoms. The number of allylic oxidation sites excluding steroid dienone is 2. The summed E-state index contributed by atoms with van der Waals surface area (Å²) in [5.41, 5.74) is 0.713. The van der Waals surface area contributed by atoms with Crippen LogP contribution >= 0.6 is 39.1 Å². The molecule has 230 valence electrons. The Morgan fingerprint density at radius 1 is 1.02 bits per heavy atom. The monoisotopic (exact) mass is 706 g/mol. The number of likely N-dealkylation sites (tertiary alicyclic amines) is 1. The second-order valence-corrected chi connectivity index (χ2v) is 12.9. The molecule has 0 radical (unpaired) electrons. The standard InChI is InChI=1S/C30H25BrCl2N2O9/c1-43-19-9-14(10-20(44-2)23(19)36)22-16-6-7-17-21(18(16)11-29(32)27(41)34(12-31)28(42)30(22,29)33)25(38)35(24(17)37)15-5-3-4-13(8-15)26(39)40/h3-6,8-10,17-18,21-22,36H,7,11-12H2,1-2H3,(H,39,40). The number of hydrogen-bond donors (Lipinski definition) is 2. The van der Waals surface area contributed by atoms with Gasteiger partial charge in [0.15, 0.2) is 21.2 Å². The van der Waals surface area contributed by atoms with Crippen molar-refractivity contribution in [2.75, 3.05) is 24.6 Å². The molecule has 2 aliphatic carbocycles. The third kappa shape index (κ3) is 3.89. The highest BCUT2D eigenvalue weighted by Crippen LogP contribution is 2.66. The van der Waals surface area contributed by atoms with E-state index < -0.39 is 63.0 Å². The molecule has 6 unspecified atom stereocenters. The van der Waals surface area contributed by atoms with Crippen molar-refractivity contribution in [1.82, 2.24) is 4.90 Å². The van der Waals surface area contributed by atoms with Crippen LogP contribution in [0.3, 0.4) is 0 Å². The average Bonchev–Trinajstić information content (AvgIpc) is 3.34. The van der Waals surface area contributed by atoms with Crippen LogP contribution in [-0.4, -0.2) is 74.1 Å². The van der Waals surface area contributed by atoms with Crippen molar-refractivity contribution in [2.45, 2.75) is 28.5 Å². The van der Waals surface area contributed by atoms with Gasteiger partial charge in [-0.1, -0.05) is 33.6 Å². The van der Waals surface area contributed by atoms with E-state index in [0.717, 1.165) is 9.80 Å². The number of methoxy groups -OCH3 is 2. The normalized spacial score (nSPS) is 31.0. The lowest BCUT2D eigenvalue weighted by atomic mass is 9.56. The Bertz CT molecular complexity index is 1670. The number of nitrogens with zero attached hydrogens (tertiary/aromatic N) is 2. The lowest BCUT2D eigenvalue weighted by Crippen LogP contribution is -2.60. The molecule has 2 aromatic rings. The van der Waals surface area contributed by atoms with Crippen molar-refractivity contribution in [3.05, 3.63) is 59.2 Å². The van der Waals surface area contributed by atoms with Gasteiger partial charge in [-0.3, -0.25) is 29.0 Å². The van der Waals surface area contributed by atoms with Crippen LogP contribution in [-0.2, 0) is 19.2 Å². The quantitative estimate of drug-likeness (QED) is 0.196. The van der Waals surface area contributed by atoms with Gasteiger partial charge in [0.2, 0.25) is 17.6 Å². The molecular weight excluding hydrogens is 683 g/mol. The van der Waals surface area contributed by atoms with E-state index in [-0.39, 0.29) is 46.8 Å². The number of anilines is 1. The van der Waals surface area contributed by atoms with E-state index in [2.05, 4.69) is 15.9 Å². The van der Waals surface area contributed by atoms with Gasteiger partial charge < -0.3 is 19.7 Å². The molecule has 4 amide bonds. The number of fused-ring (bicyclic) bond motifs is 4. The number of carboxylic acids is 1. The SMILES string of the molecule is COc1cc(C2C3=CCC4C(=O)N(c5cccc(C(=O)O)c5)C(=O)C4C3CC3(Cl)C(=O)N(CBr)C(=O)C23Cl)cc(OC)c1O. The van der Waals surface area contributed by atoms with Gasteiger partial charge in [-0.05, 0) is 54.7 Å². The molecule has 3 fully saturated rings. The molecule has 11 nitrogen and oxygen atoms in total. The average molecular weight is 708 g/mol. The van der Waals surface area contributed by atoms with Crippen LogP contribution in [0.25, 0.3) is 0 Å². The molecule has 1 saturated carbocycles. The van der Waals surface area contributed by atoms with Gasteiger partial charge in [-0.15, -0.1) is 23.2 Å². The summed E-state index contributed by atoms with van der Waals surface area (Å²) in [6, 6.07) is 8.47. The summed E-state index contributed by atoms with van der Waals surface area (Å²) >= 11 is 17.7. The Labute approximate surface area is 269 Å². The number of halogens is 3. The number of benzene rings is 2. The zero-order valence-corrected chi connectivity index (χ0v) is 26.4. The highest BCUT2D eigenvalue weighted by molar-refractivity contribution is 9.09. The van der Waals surface area contributed by atoms with E-state index in [9.17, 15) is 34.2 Å². The van der Waals surface area contributed by atoms with Crippen molar-refractivity contribution in [3.8, 4) is 17.2 Å². The maximum atomic E-state index is 14.1. The molecule has 2 saturated heterocycles. The van der Waals surface area contributed by atoms with Gasteiger partial charge >= 0.3 is 5.97 Å². The minimum Gasteiger partial charge on any atom is -0.502 e. The largest absolute Gasteiger partial charge is 0.502 e. The van der Waals surface area contributed by atoms with Crippen molar-refractivity contribution >= 4 is 74.4 Å². The number of aromatic carboxylic acids is 1. The van der Waals surface area contributed by atoms with Crippen molar-refractivity contribution in [1.29, 1.82) is 0 Å². The molecule has 2 aromatic carbocycles. The van der Waals surface area contributed by atoms with Crippen LogP contribution in [0.4, 0.5) is 5.69 Å². The fourth-order valence-electron chi connectivity index (χ4n) is 7.24. The van der Waals surface area contributed by atoms with Gasteiger partial charge in [0.05, 0.1) is 42.8 Å². The summed E-state index contributed by atoms with van der Waals surface area (Å²) in [5, 5.41) is 20.1. The van der Waals surface area contributed by atoms with Gasteiger partial charge in [0.25, 0.3) is 11.8 Å². The molecule has 2 heterocycles. The number of rotatable bonds is 6. The number of carbonyl (C=O) groups is 5. The number of aromatic hydroxyl groups is 1. The minimum atomic E-state index is -2.05. The number of amides is 4. The Morgan fingerprint density at radius 2 is 1.68 bits per heavy atom. The summed E-state index contributed by atoms with van der Waals surface area (Å²) in [7, 11) is 2.67. The van der Waals surface area contributed by atoms with E-state index in [1.165, 1.54) is 50.6 Å². The second-order valence-electron chi connectivity index (χ2n) is 11.1. The molecule has 14 heteroatoms. The third-order valence-corrected chi connectivity index (χ3v) is 11.1. The zero-order valence-electron chi connectivity index (χ0n) is 23.3. The summed E-state index contributed by atoms with van der Waals surface area (Å²) in [4.78, 5) is 65.1. The summed E-state index contributed by atoms with van der Waals surface area (Å²) in [6.07, 6.45) is 1.66. The first-order chi connectivity index (χ1) is 20.8. The van der Waals surface area contributed by atoms with E-state index >= 15 is 0 Å². The highest BCUT2D eigenvalue weighted by atomic mass is 79.9. The first-order valence-electron chi connectivity index (χ1n) is 13.5. The molecule has 2 N–H and O–H groups in total. The maximum absolute atomic E-state index is 14.1. The number of carboxylic acid groups (broad SMARTS) is 1. The van der Waals surface area contributed by atoms with E-state index in [1.54, 1.807) is 6.08 Å². The first-order valence-corrected chi connectivity index (χ1v) is 15.4. The van der Waals surface area contributed by atoms with Gasteiger partial charge in [-0.2, -0.15) is 0 Å². The van der Waals surface area contributed by atoms with E-state index in [0.29, 0.717) is 11.1 Å². The van der Waals surface area contributed by atoms with Crippen LogP contribution in [0.2, 0.25) is 0 Å². The zero-order chi connectivity index (χ0) is 31.9. The van der Waals surface area contributed by atoms with Gasteiger partial charge in [0, 0.05) is 5.92 Å². The Kier molecular flexibility index (Phi) is 7.25. The smallest absolute Gasteiger partial charge is 0.335 e. The van der Waals surface area contributed by atoms with Crippen LogP contribution < -0.4 is 14.4 Å². The molecular formula is C30H25BrCl2N2O9. The number of hydrogen-bond acceptors (Lipinski definition) is 8. The lowest BCUT2D eigenvalue weighted by Gasteiger charge is -2.50. The van der Waals surface area contributed by atoms with E-state index in [4.69, 9.17) is 32.7 Å². The lowest BCUT2D eigenvalue weighted by molar-refractivity contribution is -0.138. The predicted octanol–water partition coefficient (Wildman–Crippen LogP) is 4.02. The fraction of sp³-hybridized carbons (Fsp3) is 0.367. The van der Waals surface area contributed by atoms with Crippen molar-refractivity contribution < 1.29 is 43.7 Å². The van der Waals surface area contributed by atoms with Crippen LogP contribution in [0, 0.1) is 17.8 Å². The highest BCUT2D eigenvalue weighted by Gasteiger charge is 2.76. The predicted molar refractivity (Wildman–Crippen MR) is 160 cm³/mol. The van der Waals surface area contributed by atoms with Crippen LogP contribution in [0.15, 0.2) is 48.0 Å². The molecule has 6 rings (SSSR count). The topological polar surface area (TPSA) is 151 Å². The number of phenols is 1. The number of alkyl halides is 3. The second kappa shape index (κ2) is 10.5. The summed E-state index contributed by atoms with van der Waals surface area (Å²) in [5.74, 6) is -7.75. The Hall–Kier alpha value is -3.61. The molecule has 0 aromatic heterocycles. The molecule has 4 aliphatic rings. The minimum absolute atomic E-state index is 0.0157. The molecule has 44 heavy (non-hydrogen) atoms. The third-order valence-electron chi connectivity index (χ3n) is 9.20. The van der Waals surface area contributed by atoms with Crippen molar-refractivity contribution in [2.24, 2.45) is 17.8 Å². The number of carbonyl (C=O) groups excluding carboxylic acids is 4. The number of phenolic OH excluding ortho intramolecular Hbond substituents is 1.